The third-order valence-electron chi connectivity index (χ3n) is 5.89. The molecule has 44 heavy (non-hydrogen) atoms. The second-order valence-corrected chi connectivity index (χ2v) is 9.47. The van der Waals surface area contributed by atoms with Gasteiger partial charge in [-0.15, -0.1) is 0 Å². The number of anilines is 1. The summed E-state index contributed by atoms with van der Waals surface area (Å²) in [5.41, 5.74) is 2.82. The van der Waals surface area contributed by atoms with E-state index in [0.717, 1.165) is 23.8 Å². The van der Waals surface area contributed by atoms with Gasteiger partial charge in [0.15, 0.2) is 11.5 Å². The van der Waals surface area contributed by atoms with Crippen molar-refractivity contribution in [1.29, 1.82) is 0 Å². The summed E-state index contributed by atoms with van der Waals surface area (Å²) in [6.07, 6.45) is -0.412. The minimum atomic E-state index is -4.59. The third kappa shape index (κ3) is 8.79. The number of esters is 1. The van der Waals surface area contributed by atoms with Gasteiger partial charge in [-0.05, 0) is 83.9 Å². The van der Waals surface area contributed by atoms with Crippen molar-refractivity contribution in [3.63, 3.8) is 0 Å². The fourth-order valence-corrected chi connectivity index (χ4v) is 3.86. The Kier molecular flexibility index (Phi) is 10.1. The molecule has 4 aromatic rings. The Bertz CT molecular complexity index is 1740. The number of carbonyl (C=O) groups excluding carboxylic acids is 3. The van der Waals surface area contributed by atoms with Crippen LogP contribution < -0.4 is 20.2 Å². The van der Waals surface area contributed by atoms with E-state index in [1.54, 1.807) is 42.5 Å². The Morgan fingerprint density at radius 3 is 2.20 bits per heavy atom. The van der Waals surface area contributed by atoms with E-state index in [1.165, 1.54) is 55.8 Å². The standard InChI is InChI=1S/C32H23ClF3N3O5/c1-43-28-16-21(10-14-27(28)44-29(40)15-11-20-8-12-25(33)13-9-20)19-37-39-31(42)23-5-3-7-26(18-23)38-30(41)22-4-2-6-24(17-22)32(34,35)36/h2-19H,1H3,(H,38,41)(H,39,42)/b15-11+,37-19?. The molecule has 0 spiro atoms. The minimum absolute atomic E-state index is 0.135. The number of hydrogen-bond donors (Lipinski definition) is 2. The van der Waals surface area contributed by atoms with Gasteiger partial charge in [0.1, 0.15) is 0 Å². The highest BCUT2D eigenvalue weighted by Crippen LogP contribution is 2.30. The highest BCUT2D eigenvalue weighted by molar-refractivity contribution is 6.30. The first-order chi connectivity index (χ1) is 21.0. The number of alkyl halides is 3. The van der Waals surface area contributed by atoms with E-state index < -0.39 is 29.5 Å². The first kappa shape index (κ1) is 31.5. The number of halogens is 4. The van der Waals surface area contributed by atoms with E-state index in [0.29, 0.717) is 10.6 Å². The zero-order valence-corrected chi connectivity index (χ0v) is 23.6. The summed E-state index contributed by atoms with van der Waals surface area (Å²) in [5.74, 6) is -1.59. The lowest BCUT2D eigenvalue weighted by Gasteiger charge is -2.10. The molecule has 12 heteroatoms. The van der Waals surface area contributed by atoms with Gasteiger partial charge in [-0.2, -0.15) is 18.3 Å². The van der Waals surface area contributed by atoms with Crippen molar-refractivity contribution in [3.05, 3.63) is 130 Å². The van der Waals surface area contributed by atoms with Gasteiger partial charge in [-0.25, -0.2) is 10.2 Å². The molecule has 0 aliphatic carbocycles. The Hall–Kier alpha value is -5.42. The first-order valence-electron chi connectivity index (χ1n) is 12.8. The van der Waals surface area contributed by atoms with Crippen LogP contribution in [0, 0.1) is 0 Å². The molecule has 0 unspecified atom stereocenters. The fraction of sp³-hybridized carbons (Fsp3) is 0.0625. The van der Waals surface area contributed by atoms with Crippen molar-refractivity contribution < 1.29 is 37.0 Å². The number of benzene rings is 4. The molecule has 0 aliphatic heterocycles. The molecule has 4 aromatic carbocycles. The van der Waals surface area contributed by atoms with E-state index in [1.807, 2.05) is 0 Å². The third-order valence-corrected chi connectivity index (χ3v) is 6.15. The maximum Gasteiger partial charge on any atom is 0.416 e. The highest BCUT2D eigenvalue weighted by atomic mass is 35.5. The zero-order valence-electron chi connectivity index (χ0n) is 22.9. The van der Waals surface area contributed by atoms with Crippen LogP contribution in [0.4, 0.5) is 18.9 Å². The number of hydrogen-bond acceptors (Lipinski definition) is 6. The van der Waals surface area contributed by atoms with Crippen molar-refractivity contribution in [3.8, 4) is 11.5 Å². The van der Waals surface area contributed by atoms with Gasteiger partial charge >= 0.3 is 12.1 Å². The van der Waals surface area contributed by atoms with Crippen LogP contribution in [0.5, 0.6) is 11.5 Å². The Morgan fingerprint density at radius 1 is 0.818 bits per heavy atom. The van der Waals surface area contributed by atoms with Crippen LogP contribution in [-0.4, -0.2) is 31.1 Å². The van der Waals surface area contributed by atoms with Crippen LogP contribution in [0.15, 0.2) is 102 Å². The normalized spacial score (nSPS) is 11.4. The first-order valence-corrected chi connectivity index (χ1v) is 13.2. The molecule has 0 atom stereocenters. The van der Waals surface area contributed by atoms with Crippen molar-refractivity contribution >= 4 is 47.4 Å². The fourth-order valence-electron chi connectivity index (χ4n) is 3.74. The lowest BCUT2D eigenvalue weighted by Crippen LogP contribution is -2.18. The summed E-state index contributed by atoms with van der Waals surface area (Å²) in [5, 5.41) is 6.98. The smallest absolute Gasteiger partial charge is 0.416 e. The zero-order chi connectivity index (χ0) is 31.7. The van der Waals surface area contributed by atoms with Crippen molar-refractivity contribution in [1.82, 2.24) is 5.43 Å². The predicted octanol–water partition coefficient (Wildman–Crippen LogP) is 7.00. The van der Waals surface area contributed by atoms with Crippen molar-refractivity contribution in [2.75, 3.05) is 12.4 Å². The molecule has 0 saturated carbocycles. The molecule has 0 bridgehead atoms. The lowest BCUT2D eigenvalue weighted by atomic mass is 10.1. The highest BCUT2D eigenvalue weighted by Gasteiger charge is 2.30. The van der Waals surface area contributed by atoms with Crippen LogP contribution >= 0.6 is 11.6 Å². The number of hydrazone groups is 1. The summed E-state index contributed by atoms with van der Waals surface area (Å²) in [7, 11) is 1.40. The molecule has 0 radical (unpaired) electrons. The number of nitrogens with one attached hydrogen (secondary N) is 2. The molecule has 224 valence electrons. The van der Waals surface area contributed by atoms with Crippen molar-refractivity contribution in [2.24, 2.45) is 5.10 Å². The van der Waals surface area contributed by atoms with Gasteiger partial charge in [0.2, 0.25) is 0 Å². The molecular formula is C32H23ClF3N3O5. The Labute approximate surface area is 254 Å². The average molecular weight is 622 g/mol. The van der Waals surface area contributed by atoms with E-state index in [4.69, 9.17) is 21.1 Å². The molecule has 0 heterocycles. The van der Waals surface area contributed by atoms with Crippen LogP contribution in [0.2, 0.25) is 5.02 Å². The summed E-state index contributed by atoms with van der Waals surface area (Å²) in [6, 6.07) is 21.3. The summed E-state index contributed by atoms with van der Waals surface area (Å²) < 4.78 is 49.6. The van der Waals surface area contributed by atoms with Crippen LogP contribution in [0.1, 0.15) is 37.4 Å². The molecule has 0 saturated heterocycles. The van der Waals surface area contributed by atoms with E-state index in [9.17, 15) is 27.6 Å². The maximum absolute atomic E-state index is 13.0. The van der Waals surface area contributed by atoms with Gasteiger partial charge in [0.05, 0.1) is 18.9 Å². The monoisotopic (exact) mass is 621 g/mol. The molecule has 0 aliphatic rings. The largest absolute Gasteiger partial charge is 0.493 e. The molecule has 0 fully saturated rings. The number of methoxy groups -OCH3 is 1. The topological polar surface area (TPSA) is 106 Å². The van der Waals surface area contributed by atoms with Gasteiger partial charge < -0.3 is 14.8 Å². The van der Waals surface area contributed by atoms with Crippen LogP contribution in [0.25, 0.3) is 6.08 Å². The van der Waals surface area contributed by atoms with E-state index >= 15 is 0 Å². The number of nitrogens with zero attached hydrogens (tertiary/aromatic N) is 1. The minimum Gasteiger partial charge on any atom is -0.493 e. The van der Waals surface area contributed by atoms with Gasteiger partial charge in [-0.1, -0.05) is 35.9 Å². The van der Waals surface area contributed by atoms with Gasteiger partial charge in [0, 0.05) is 27.9 Å². The van der Waals surface area contributed by atoms with E-state index in [2.05, 4.69) is 15.8 Å². The number of carbonyl (C=O) groups is 3. The molecule has 2 amide bonds. The van der Waals surface area contributed by atoms with Gasteiger partial charge in [0.25, 0.3) is 11.8 Å². The van der Waals surface area contributed by atoms with Crippen molar-refractivity contribution in [2.45, 2.75) is 6.18 Å². The number of amides is 2. The second-order valence-electron chi connectivity index (χ2n) is 9.03. The number of ether oxygens (including phenoxy) is 2. The van der Waals surface area contributed by atoms with Gasteiger partial charge in [-0.3, -0.25) is 9.59 Å². The molecule has 4 rings (SSSR count). The summed E-state index contributed by atoms with van der Waals surface area (Å²) in [4.78, 5) is 37.4. The Morgan fingerprint density at radius 2 is 1.50 bits per heavy atom. The lowest BCUT2D eigenvalue weighted by molar-refractivity contribution is -0.137. The molecule has 0 aromatic heterocycles. The Balaban J connectivity index is 1.35. The molecule has 2 N–H and O–H groups in total. The maximum atomic E-state index is 13.0. The summed E-state index contributed by atoms with van der Waals surface area (Å²) in [6.45, 7) is 0. The predicted molar refractivity (Wildman–Crippen MR) is 160 cm³/mol. The average Bonchev–Trinajstić information content (AvgIpc) is 3.01. The number of rotatable bonds is 9. The summed E-state index contributed by atoms with van der Waals surface area (Å²) >= 11 is 5.86. The van der Waals surface area contributed by atoms with E-state index in [-0.39, 0.29) is 28.3 Å². The van der Waals surface area contributed by atoms with Crippen LogP contribution in [0.3, 0.4) is 0 Å². The second kappa shape index (κ2) is 14.2. The molecular weight excluding hydrogens is 599 g/mol. The molecule has 8 nitrogen and oxygen atoms in total. The SMILES string of the molecule is COc1cc(C=NNC(=O)c2cccc(NC(=O)c3cccc(C(F)(F)F)c3)c2)ccc1OC(=O)/C=C/c1ccc(Cl)cc1. The quantitative estimate of drug-likeness (QED) is 0.0688. The van der Waals surface area contributed by atoms with Crippen LogP contribution in [-0.2, 0) is 11.0 Å².